The van der Waals surface area contributed by atoms with Gasteiger partial charge in [-0.15, -0.1) is 0 Å². The van der Waals surface area contributed by atoms with Crippen LogP contribution >= 0.6 is 0 Å². The number of rotatable bonds is 10. The second kappa shape index (κ2) is 11.0. The summed E-state index contributed by atoms with van der Waals surface area (Å²) in [6, 6.07) is 16.9. The monoisotopic (exact) mass is 405 g/mol. The second-order valence-corrected chi connectivity index (χ2v) is 7.00. The third-order valence-corrected chi connectivity index (χ3v) is 4.73. The molecule has 0 saturated heterocycles. The van der Waals surface area contributed by atoms with Gasteiger partial charge in [-0.2, -0.15) is 0 Å². The Bertz CT molecular complexity index is 981. The molecule has 2 aromatic carbocycles. The van der Waals surface area contributed by atoms with Gasteiger partial charge in [-0.25, -0.2) is 0 Å². The Morgan fingerprint density at radius 1 is 1.00 bits per heavy atom. The van der Waals surface area contributed by atoms with Gasteiger partial charge in [0.05, 0.1) is 18.7 Å². The number of carbonyl (C=O) groups excluding carboxylic acids is 2. The topological polar surface area (TPSA) is 80.3 Å². The second-order valence-electron chi connectivity index (χ2n) is 7.00. The minimum absolute atomic E-state index is 0.0681. The minimum atomic E-state index is -0.288. The van der Waals surface area contributed by atoms with Crippen LogP contribution < -0.4 is 15.4 Å². The smallest absolute Gasteiger partial charge is 0.251 e. The Morgan fingerprint density at radius 3 is 2.60 bits per heavy atom. The van der Waals surface area contributed by atoms with Crippen LogP contribution in [0.5, 0.6) is 5.75 Å². The Morgan fingerprint density at radius 2 is 1.80 bits per heavy atom. The Labute approximate surface area is 176 Å². The molecule has 0 aliphatic carbocycles. The lowest BCUT2D eigenvalue weighted by molar-refractivity contribution is -0.120. The van der Waals surface area contributed by atoms with Crippen LogP contribution in [0.2, 0.25) is 0 Å². The van der Waals surface area contributed by atoms with Gasteiger partial charge in [-0.3, -0.25) is 14.6 Å². The lowest BCUT2D eigenvalue weighted by Crippen LogP contribution is -2.37. The predicted molar refractivity (Wildman–Crippen MR) is 118 cm³/mol. The van der Waals surface area contributed by atoms with Crippen LogP contribution in [-0.4, -0.2) is 36.5 Å². The summed E-state index contributed by atoms with van der Waals surface area (Å²) in [6.07, 6.45) is 4.51. The van der Waals surface area contributed by atoms with Crippen molar-refractivity contribution < 1.29 is 14.3 Å². The number of nitrogens with zero attached hydrogens (tertiary/aromatic N) is 1. The number of para-hydroxylation sites is 1. The maximum absolute atomic E-state index is 12.2. The molecule has 2 amide bonds. The van der Waals surface area contributed by atoms with Gasteiger partial charge in [0.15, 0.2) is 0 Å². The Balaban J connectivity index is 1.41. The van der Waals surface area contributed by atoms with E-state index < -0.39 is 0 Å². The third-order valence-electron chi connectivity index (χ3n) is 4.73. The summed E-state index contributed by atoms with van der Waals surface area (Å²) in [5, 5.41) is 6.56. The van der Waals surface area contributed by atoms with Crippen molar-refractivity contribution in [2.75, 3.05) is 19.7 Å². The number of ether oxygens (including phenoxy) is 1. The van der Waals surface area contributed by atoms with E-state index in [1.54, 1.807) is 30.5 Å². The fourth-order valence-corrected chi connectivity index (χ4v) is 3.07. The molecule has 1 aromatic heterocycles. The fourth-order valence-electron chi connectivity index (χ4n) is 3.07. The lowest BCUT2D eigenvalue weighted by Gasteiger charge is -2.09. The summed E-state index contributed by atoms with van der Waals surface area (Å²) < 4.78 is 5.59. The van der Waals surface area contributed by atoms with Gasteiger partial charge in [0, 0.05) is 23.7 Å². The highest BCUT2D eigenvalue weighted by Crippen LogP contribution is 2.16. The number of amides is 2. The average molecular weight is 405 g/mol. The molecule has 0 fully saturated rings. The van der Waals surface area contributed by atoms with Crippen LogP contribution in [0.15, 0.2) is 60.8 Å². The van der Waals surface area contributed by atoms with Crippen molar-refractivity contribution in [3.8, 4) is 5.75 Å². The molecule has 1 heterocycles. The molecule has 2 N–H and O–H groups in total. The molecule has 0 spiro atoms. The molecule has 156 valence electrons. The first-order chi connectivity index (χ1) is 14.7. The first kappa shape index (κ1) is 21.3. The highest BCUT2D eigenvalue weighted by atomic mass is 16.5. The van der Waals surface area contributed by atoms with Crippen molar-refractivity contribution in [3.63, 3.8) is 0 Å². The quantitative estimate of drug-likeness (QED) is 0.506. The maximum Gasteiger partial charge on any atom is 0.251 e. The van der Waals surface area contributed by atoms with E-state index in [4.69, 9.17) is 4.74 Å². The van der Waals surface area contributed by atoms with Gasteiger partial charge >= 0.3 is 0 Å². The summed E-state index contributed by atoms with van der Waals surface area (Å²) in [7, 11) is 0. The van der Waals surface area contributed by atoms with E-state index >= 15 is 0 Å². The first-order valence-electron chi connectivity index (χ1n) is 10.3. The average Bonchev–Trinajstić information content (AvgIpc) is 2.78. The van der Waals surface area contributed by atoms with E-state index in [-0.39, 0.29) is 18.4 Å². The number of aromatic nitrogens is 1. The van der Waals surface area contributed by atoms with Crippen molar-refractivity contribution in [3.05, 3.63) is 71.9 Å². The summed E-state index contributed by atoms with van der Waals surface area (Å²) in [5.74, 6) is 0.222. The normalized spacial score (nSPS) is 10.6. The van der Waals surface area contributed by atoms with Gasteiger partial charge < -0.3 is 15.4 Å². The molecule has 0 saturated carbocycles. The lowest BCUT2D eigenvalue weighted by atomic mass is 10.1. The maximum atomic E-state index is 12.2. The van der Waals surface area contributed by atoms with E-state index in [2.05, 4.69) is 22.5 Å². The highest BCUT2D eigenvalue weighted by Gasteiger charge is 2.09. The number of benzene rings is 2. The summed E-state index contributed by atoms with van der Waals surface area (Å²) >= 11 is 0. The van der Waals surface area contributed by atoms with Crippen LogP contribution in [0.4, 0.5) is 0 Å². The molecule has 0 unspecified atom stereocenters. The highest BCUT2D eigenvalue weighted by molar-refractivity contribution is 5.96. The molecule has 0 radical (unpaired) electrons. The third kappa shape index (κ3) is 6.04. The summed E-state index contributed by atoms with van der Waals surface area (Å²) in [5.41, 5.74) is 2.52. The summed E-state index contributed by atoms with van der Waals surface area (Å²) in [4.78, 5) is 28.7. The van der Waals surface area contributed by atoms with Gasteiger partial charge in [0.1, 0.15) is 5.75 Å². The predicted octanol–water partition coefficient (Wildman–Crippen LogP) is 3.50. The van der Waals surface area contributed by atoms with Crippen molar-refractivity contribution in [1.29, 1.82) is 0 Å². The molecule has 0 bridgehead atoms. The van der Waals surface area contributed by atoms with Crippen LogP contribution in [-0.2, 0) is 11.2 Å². The van der Waals surface area contributed by atoms with Gasteiger partial charge in [-0.05, 0) is 48.7 Å². The number of carbonyl (C=O) groups is 2. The molecule has 0 atom stereocenters. The molecule has 0 aliphatic rings. The van der Waals surface area contributed by atoms with E-state index in [0.717, 1.165) is 35.1 Å². The van der Waals surface area contributed by atoms with E-state index in [1.165, 1.54) is 0 Å². The van der Waals surface area contributed by atoms with Gasteiger partial charge in [-0.1, -0.05) is 37.6 Å². The fraction of sp³-hybridized carbons (Fsp3) is 0.292. The molecule has 0 aliphatic heterocycles. The zero-order valence-corrected chi connectivity index (χ0v) is 17.2. The van der Waals surface area contributed by atoms with Crippen molar-refractivity contribution in [2.45, 2.75) is 26.2 Å². The van der Waals surface area contributed by atoms with Gasteiger partial charge in [0.25, 0.3) is 5.91 Å². The number of hydrogen-bond acceptors (Lipinski definition) is 4. The molecule has 3 aromatic rings. The van der Waals surface area contributed by atoms with E-state index in [1.807, 2.05) is 30.3 Å². The molecule has 30 heavy (non-hydrogen) atoms. The van der Waals surface area contributed by atoms with Crippen molar-refractivity contribution in [1.82, 2.24) is 15.6 Å². The van der Waals surface area contributed by atoms with Gasteiger partial charge in [0.2, 0.25) is 5.91 Å². The number of nitrogens with one attached hydrogen (secondary N) is 2. The first-order valence-corrected chi connectivity index (χ1v) is 10.3. The van der Waals surface area contributed by atoms with Crippen LogP contribution in [0.1, 0.15) is 35.7 Å². The molecule has 6 nitrogen and oxygen atoms in total. The molecular formula is C24H27N3O3. The van der Waals surface area contributed by atoms with Crippen LogP contribution in [0, 0.1) is 0 Å². The number of fused-ring (bicyclic) bond motifs is 1. The number of hydrogen-bond donors (Lipinski definition) is 2. The van der Waals surface area contributed by atoms with Crippen LogP contribution in [0.3, 0.4) is 0 Å². The van der Waals surface area contributed by atoms with E-state index in [9.17, 15) is 9.59 Å². The van der Waals surface area contributed by atoms with Crippen molar-refractivity contribution in [2.24, 2.45) is 0 Å². The molecular weight excluding hydrogens is 378 g/mol. The molecule has 6 heteroatoms. The van der Waals surface area contributed by atoms with Crippen molar-refractivity contribution >= 4 is 22.7 Å². The molecule has 3 rings (SSSR count). The SMILES string of the molecule is CCCCOc1ccc(C(=O)NCC(=O)NCCc2cccc3cccnc23)cc1. The largest absolute Gasteiger partial charge is 0.494 e. The Kier molecular flexibility index (Phi) is 7.78. The zero-order valence-electron chi connectivity index (χ0n) is 17.2. The Hall–Kier alpha value is -3.41. The minimum Gasteiger partial charge on any atom is -0.494 e. The van der Waals surface area contributed by atoms with Crippen LogP contribution in [0.25, 0.3) is 10.9 Å². The number of unbranched alkanes of at least 4 members (excludes halogenated alkanes) is 1. The van der Waals surface area contributed by atoms with E-state index in [0.29, 0.717) is 25.1 Å². The summed E-state index contributed by atoms with van der Waals surface area (Å²) in [6.45, 7) is 3.18. The number of pyridine rings is 1. The zero-order chi connectivity index (χ0) is 21.2. The standard InChI is InChI=1S/C24H27N3O3/c1-2-3-16-30-21-11-9-20(10-12-21)24(29)27-17-22(28)25-15-13-19-7-4-6-18-8-5-14-26-23(18)19/h4-12,14H,2-3,13,15-17H2,1H3,(H,25,28)(H,27,29).